The lowest BCUT2D eigenvalue weighted by Crippen LogP contribution is -2.61. The highest BCUT2D eigenvalue weighted by molar-refractivity contribution is 5.78. The monoisotopic (exact) mass is 316 g/mol. The molecule has 2 unspecified atom stereocenters. The number of hydrogen-bond acceptors (Lipinski definition) is 3. The third-order valence-electron chi connectivity index (χ3n) is 5.66. The predicted octanol–water partition coefficient (Wildman–Crippen LogP) is 1.83. The van der Waals surface area contributed by atoms with Crippen molar-refractivity contribution in [2.75, 3.05) is 26.2 Å². The fraction of sp³-hybridized carbons (Fsp3) is 0.632. The van der Waals surface area contributed by atoms with Gasteiger partial charge in [0, 0.05) is 31.5 Å². The van der Waals surface area contributed by atoms with E-state index < -0.39 is 5.60 Å². The van der Waals surface area contributed by atoms with Gasteiger partial charge in [-0.2, -0.15) is 0 Å². The molecule has 0 radical (unpaired) electrons. The molecule has 2 N–H and O–H groups in total. The van der Waals surface area contributed by atoms with E-state index in [-0.39, 0.29) is 11.3 Å². The summed E-state index contributed by atoms with van der Waals surface area (Å²) < 4.78 is 0. The SMILES string of the molecule is CC1(C)CNCCC1(O)CN1CC(Cc2ccccc2)CC1=O. The summed E-state index contributed by atoms with van der Waals surface area (Å²) in [5.41, 5.74) is 0.270. The van der Waals surface area contributed by atoms with Crippen LogP contribution in [0.15, 0.2) is 30.3 Å². The van der Waals surface area contributed by atoms with Crippen LogP contribution in [0.3, 0.4) is 0 Å². The van der Waals surface area contributed by atoms with Crippen molar-refractivity contribution in [2.24, 2.45) is 11.3 Å². The highest BCUT2D eigenvalue weighted by Gasteiger charge is 2.48. The number of carbonyl (C=O) groups excluding carboxylic acids is 1. The van der Waals surface area contributed by atoms with E-state index in [1.54, 1.807) is 0 Å². The van der Waals surface area contributed by atoms with E-state index in [4.69, 9.17) is 0 Å². The number of rotatable bonds is 4. The Kier molecular flexibility index (Phi) is 4.47. The number of hydrogen-bond donors (Lipinski definition) is 2. The van der Waals surface area contributed by atoms with Gasteiger partial charge < -0.3 is 15.3 Å². The first-order valence-electron chi connectivity index (χ1n) is 8.64. The maximum absolute atomic E-state index is 12.4. The van der Waals surface area contributed by atoms with Gasteiger partial charge in [0.1, 0.15) is 0 Å². The van der Waals surface area contributed by atoms with E-state index in [2.05, 4.69) is 31.3 Å². The van der Waals surface area contributed by atoms with E-state index in [0.29, 0.717) is 25.3 Å². The van der Waals surface area contributed by atoms with E-state index in [1.807, 2.05) is 23.1 Å². The second-order valence-corrected chi connectivity index (χ2v) is 7.88. The van der Waals surface area contributed by atoms with Gasteiger partial charge in [0.2, 0.25) is 5.91 Å². The molecule has 0 spiro atoms. The van der Waals surface area contributed by atoms with Gasteiger partial charge in [0.25, 0.3) is 0 Å². The van der Waals surface area contributed by atoms with Crippen molar-refractivity contribution in [3.8, 4) is 0 Å². The van der Waals surface area contributed by atoms with E-state index in [9.17, 15) is 9.90 Å². The van der Waals surface area contributed by atoms with Crippen molar-refractivity contribution in [2.45, 2.75) is 38.7 Å². The van der Waals surface area contributed by atoms with Crippen molar-refractivity contribution in [3.63, 3.8) is 0 Å². The van der Waals surface area contributed by atoms with Gasteiger partial charge >= 0.3 is 0 Å². The molecule has 2 fully saturated rings. The molecule has 2 aliphatic heterocycles. The number of nitrogens with zero attached hydrogens (tertiary/aromatic N) is 1. The average Bonchev–Trinajstić information content (AvgIpc) is 2.83. The van der Waals surface area contributed by atoms with Crippen LogP contribution in [-0.4, -0.2) is 47.7 Å². The van der Waals surface area contributed by atoms with Crippen molar-refractivity contribution >= 4 is 5.91 Å². The van der Waals surface area contributed by atoms with Gasteiger partial charge in [-0.3, -0.25) is 4.79 Å². The molecule has 0 aliphatic carbocycles. The number of β-amino-alcohol motifs (C(OH)–C–C–N with tert-alkyl or cyclic N) is 1. The second-order valence-electron chi connectivity index (χ2n) is 7.88. The molecule has 3 rings (SSSR count). The van der Waals surface area contributed by atoms with Crippen LogP contribution in [0.25, 0.3) is 0 Å². The quantitative estimate of drug-likeness (QED) is 0.891. The molecule has 2 atom stereocenters. The first kappa shape index (κ1) is 16.5. The third-order valence-corrected chi connectivity index (χ3v) is 5.66. The van der Waals surface area contributed by atoms with Gasteiger partial charge in [0.05, 0.1) is 5.60 Å². The zero-order valence-electron chi connectivity index (χ0n) is 14.2. The molecule has 2 saturated heterocycles. The van der Waals surface area contributed by atoms with Gasteiger partial charge in [0.15, 0.2) is 0 Å². The molecule has 0 bridgehead atoms. The van der Waals surface area contributed by atoms with Gasteiger partial charge in [-0.1, -0.05) is 44.2 Å². The van der Waals surface area contributed by atoms with E-state index in [1.165, 1.54) is 5.56 Å². The second kappa shape index (κ2) is 6.25. The Morgan fingerprint density at radius 2 is 2.04 bits per heavy atom. The minimum Gasteiger partial charge on any atom is -0.387 e. The summed E-state index contributed by atoms with van der Waals surface area (Å²) in [7, 11) is 0. The first-order valence-corrected chi connectivity index (χ1v) is 8.64. The van der Waals surface area contributed by atoms with Crippen molar-refractivity contribution in [1.82, 2.24) is 10.2 Å². The number of benzene rings is 1. The molecule has 4 heteroatoms. The highest BCUT2D eigenvalue weighted by atomic mass is 16.3. The van der Waals surface area contributed by atoms with Crippen LogP contribution in [0.1, 0.15) is 32.3 Å². The minimum atomic E-state index is -0.796. The number of amides is 1. The van der Waals surface area contributed by atoms with Crippen LogP contribution >= 0.6 is 0 Å². The summed E-state index contributed by atoms with van der Waals surface area (Å²) in [4.78, 5) is 14.3. The standard InChI is InChI=1S/C19H28N2O2/c1-18(2)13-20-9-8-19(18,23)14-21-12-16(11-17(21)22)10-15-6-4-3-5-7-15/h3-7,16,20,23H,8-14H2,1-2H3. The van der Waals surface area contributed by atoms with Crippen molar-refractivity contribution in [3.05, 3.63) is 35.9 Å². The largest absolute Gasteiger partial charge is 0.387 e. The summed E-state index contributed by atoms with van der Waals surface area (Å²) in [6.07, 6.45) is 2.24. The van der Waals surface area contributed by atoms with Crippen LogP contribution in [0, 0.1) is 11.3 Å². The number of piperidine rings is 1. The molecule has 1 aromatic carbocycles. The van der Waals surface area contributed by atoms with Crippen LogP contribution in [-0.2, 0) is 11.2 Å². The lowest BCUT2D eigenvalue weighted by molar-refractivity contribution is -0.139. The van der Waals surface area contributed by atoms with Gasteiger partial charge in [-0.15, -0.1) is 0 Å². The number of nitrogens with one attached hydrogen (secondary N) is 1. The fourth-order valence-electron chi connectivity index (χ4n) is 3.90. The highest BCUT2D eigenvalue weighted by Crippen LogP contribution is 2.37. The summed E-state index contributed by atoms with van der Waals surface area (Å²) >= 11 is 0. The normalized spacial score (nSPS) is 30.7. The Hall–Kier alpha value is -1.39. The summed E-state index contributed by atoms with van der Waals surface area (Å²) in [5, 5.41) is 14.5. The van der Waals surface area contributed by atoms with Crippen LogP contribution < -0.4 is 5.32 Å². The average molecular weight is 316 g/mol. The summed E-state index contributed by atoms with van der Waals surface area (Å²) in [6, 6.07) is 10.4. The topological polar surface area (TPSA) is 52.6 Å². The lowest BCUT2D eigenvalue weighted by Gasteiger charge is -2.48. The molecule has 4 nitrogen and oxygen atoms in total. The van der Waals surface area contributed by atoms with Crippen molar-refractivity contribution in [1.29, 1.82) is 0 Å². The Morgan fingerprint density at radius 3 is 2.74 bits per heavy atom. The molecule has 1 amide bonds. The fourth-order valence-corrected chi connectivity index (χ4v) is 3.90. The number of carbonyl (C=O) groups is 1. The Balaban J connectivity index is 1.64. The molecule has 23 heavy (non-hydrogen) atoms. The zero-order valence-corrected chi connectivity index (χ0v) is 14.2. The zero-order chi connectivity index (χ0) is 16.5. The lowest BCUT2D eigenvalue weighted by atomic mass is 9.70. The molecule has 2 aliphatic rings. The first-order chi connectivity index (χ1) is 10.9. The van der Waals surface area contributed by atoms with Crippen LogP contribution in [0.2, 0.25) is 0 Å². The van der Waals surface area contributed by atoms with Crippen LogP contribution in [0.5, 0.6) is 0 Å². The van der Waals surface area contributed by atoms with E-state index >= 15 is 0 Å². The van der Waals surface area contributed by atoms with Crippen LogP contribution in [0.4, 0.5) is 0 Å². The molecule has 126 valence electrons. The summed E-state index contributed by atoms with van der Waals surface area (Å²) in [5.74, 6) is 0.548. The Morgan fingerprint density at radius 1 is 1.30 bits per heavy atom. The van der Waals surface area contributed by atoms with Crippen molar-refractivity contribution < 1.29 is 9.90 Å². The third kappa shape index (κ3) is 3.43. The summed E-state index contributed by atoms with van der Waals surface area (Å²) in [6.45, 7) is 7.00. The molecular formula is C19H28N2O2. The van der Waals surface area contributed by atoms with Gasteiger partial charge in [-0.05, 0) is 30.9 Å². The molecule has 2 heterocycles. The van der Waals surface area contributed by atoms with Gasteiger partial charge in [-0.25, -0.2) is 0 Å². The minimum absolute atomic E-state index is 0.189. The Labute approximate surface area is 138 Å². The smallest absolute Gasteiger partial charge is 0.223 e. The maximum atomic E-state index is 12.4. The molecule has 0 saturated carbocycles. The number of aliphatic hydroxyl groups is 1. The number of likely N-dealkylation sites (tertiary alicyclic amines) is 1. The Bertz CT molecular complexity index is 558. The molecule has 0 aromatic heterocycles. The maximum Gasteiger partial charge on any atom is 0.223 e. The molecule has 1 aromatic rings. The van der Waals surface area contributed by atoms with E-state index in [0.717, 1.165) is 26.1 Å². The predicted molar refractivity (Wildman–Crippen MR) is 91.1 cm³/mol. The molecular weight excluding hydrogens is 288 g/mol.